The van der Waals surface area contributed by atoms with Crippen LogP contribution in [0, 0.1) is 0 Å². The summed E-state index contributed by atoms with van der Waals surface area (Å²) >= 11 is 0. The van der Waals surface area contributed by atoms with E-state index in [1.165, 1.54) is 5.56 Å². The van der Waals surface area contributed by atoms with Gasteiger partial charge in [0.25, 0.3) is 0 Å². The number of hydrogen-bond donors (Lipinski definition) is 2. The van der Waals surface area contributed by atoms with E-state index in [9.17, 15) is 0 Å². The summed E-state index contributed by atoms with van der Waals surface area (Å²) in [6.07, 6.45) is 8.91. The molecule has 0 amide bonds. The predicted octanol–water partition coefficient (Wildman–Crippen LogP) is 3.27. The third kappa shape index (κ3) is 1.78. The second-order valence-corrected chi connectivity index (χ2v) is 4.60. The maximum atomic E-state index is 4.51. The highest BCUT2D eigenvalue weighted by atomic mass is 15.0. The number of rotatable bonds is 2. The lowest BCUT2D eigenvalue weighted by Crippen LogP contribution is -1.96. The SMILES string of the molecule is C1=Cc2cc(Nc3ccc4cc[nH]c4n3)cnc2C1. The average Bonchev–Trinajstić information content (AvgIpc) is 3.05. The van der Waals surface area contributed by atoms with Crippen LogP contribution in [0.5, 0.6) is 0 Å². The standard InChI is InChI=1S/C15H12N4/c1-2-11-8-12(9-17-13(11)3-1)18-14-5-4-10-6-7-16-15(10)19-14/h1-2,4-9H,3H2,(H2,16,18,19). The van der Waals surface area contributed by atoms with Gasteiger partial charge in [0.1, 0.15) is 11.5 Å². The molecule has 0 spiro atoms. The molecule has 0 bridgehead atoms. The molecule has 0 saturated carbocycles. The van der Waals surface area contributed by atoms with Gasteiger partial charge in [0, 0.05) is 18.0 Å². The topological polar surface area (TPSA) is 53.6 Å². The summed E-state index contributed by atoms with van der Waals surface area (Å²) in [7, 11) is 0. The van der Waals surface area contributed by atoms with Crippen molar-refractivity contribution in [1.82, 2.24) is 15.0 Å². The molecule has 1 aliphatic rings. The molecule has 0 atom stereocenters. The largest absolute Gasteiger partial charge is 0.346 e. The Kier molecular flexibility index (Phi) is 2.14. The zero-order valence-electron chi connectivity index (χ0n) is 10.2. The zero-order chi connectivity index (χ0) is 12.7. The van der Waals surface area contributed by atoms with Gasteiger partial charge in [0.15, 0.2) is 0 Å². The Bertz CT molecular complexity index is 786. The van der Waals surface area contributed by atoms with Crippen molar-refractivity contribution in [1.29, 1.82) is 0 Å². The molecule has 19 heavy (non-hydrogen) atoms. The van der Waals surface area contributed by atoms with Gasteiger partial charge < -0.3 is 10.3 Å². The van der Waals surface area contributed by atoms with E-state index in [2.05, 4.69) is 38.5 Å². The number of allylic oxidation sites excluding steroid dienone is 1. The van der Waals surface area contributed by atoms with Gasteiger partial charge in [-0.1, -0.05) is 12.2 Å². The summed E-state index contributed by atoms with van der Waals surface area (Å²) in [4.78, 5) is 12.1. The summed E-state index contributed by atoms with van der Waals surface area (Å²) < 4.78 is 0. The molecule has 3 aromatic heterocycles. The number of pyridine rings is 2. The monoisotopic (exact) mass is 248 g/mol. The van der Waals surface area contributed by atoms with Crippen molar-refractivity contribution >= 4 is 28.6 Å². The summed E-state index contributed by atoms with van der Waals surface area (Å²) in [6, 6.07) is 8.13. The highest BCUT2D eigenvalue weighted by molar-refractivity contribution is 5.78. The smallest absolute Gasteiger partial charge is 0.139 e. The van der Waals surface area contributed by atoms with Crippen LogP contribution in [-0.2, 0) is 6.42 Å². The fourth-order valence-electron chi connectivity index (χ4n) is 2.34. The van der Waals surface area contributed by atoms with Gasteiger partial charge in [-0.25, -0.2) is 4.98 Å². The molecule has 3 aromatic rings. The van der Waals surface area contributed by atoms with E-state index in [0.717, 1.165) is 34.7 Å². The van der Waals surface area contributed by atoms with Gasteiger partial charge in [0.2, 0.25) is 0 Å². The van der Waals surface area contributed by atoms with E-state index in [1.54, 1.807) is 0 Å². The highest BCUT2D eigenvalue weighted by Crippen LogP contribution is 2.23. The molecule has 0 unspecified atom stereocenters. The molecule has 0 saturated heterocycles. The lowest BCUT2D eigenvalue weighted by atomic mass is 10.2. The Morgan fingerprint density at radius 3 is 3.21 bits per heavy atom. The molecule has 4 nitrogen and oxygen atoms in total. The molecule has 4 rings (SSSR count). The highest BCUT2D eigenvalue weighted by Gasteiger charge is 2.07. The molecule has 2 N–H and O–H groups in total. The van der Waals surface area contributed by atoms with Crippen molar-refractivity contribution in [2.75, 3.05) is 5.32 Å². The van der Waals surface area contributed by atoms with E-state index in [4.69, 9.17) is 0 Å². The van der Waals surface area contributed by atoms with Crippen LogP contribution in [0.25, 0.3) is 17.1 Å². The molecule has 0 fully saturated rings. The van der Waals surface area contributed by atoms with Crippen LogP contribution >= 0.6 is 0 Å². The first-order valence-corrected chi connectivity index (χ1v) is 6.25. The molecule has 1 aliphatic carbocycles. The van der Waals surface area contributed by atoms with Gasteiger partial charge >= 0.3 is 0 Å². The minimum atomic E-state index is 0.818. The number of nitrogens with one attached hydrogen (secondary N) is 2. The van der Waals surface area contributed by atoms with E-state index in [1.807, 2.05) is 30.6 Å². The van der Waals surface area contributed by atoms with Gasteiger partial charge in [-0.2, -0.15) is 0 Å². The number of fused-ring (bicyclic) bond motifs is 2. The Morgan fingerprint density at radius 2 is 2.21 bits per heavy atom. The van der Waals surface area contributed by atoms with Crippen molar-refractivity contribution in [3.63, 3.8) is 0 Å². The number of hydrogen-bond acceptors (Lipinski definition) is 3. The van der Waals surface area contributed by atoms with Crippen molar-refractivity contribution in [3.05, 3.63) is 54.0 Å². The number of anilines is 2. The average molecular weight is 248 g/mol. The van der Waals surface area contributed by atoms with Crippen LogP contribution in [-0.4, -0.2) is 15.0 Å². The second-order valence-electron chi connectivity index (χ2n) is 4.60. The van der Waals surface area contributed by atoms with Gasteiger partial charge in [-0.05, 0) is 29.8 Å². The van der Waals surface area contributed by atoms with Gasteiger partial charge in [-0.15, -0.1) is 0 Å². The predicted molar refractivity (Wildman–Crippen MR) is 76.4 cm³/mol. The van der Waals surface area contributed by atoms with Crippen molar-refractivity contribution in [2.24, 2.45) is 0 Å². The maximum Gasteiger partial charge on any atom is 0.139 e. The molecular formula is C15H12N4. The number of aromatic nitrogens is 3. The van der Waals surface area contributed by atoms with Crippen molar-refractivity contribution in [3.8, 4) is 0 Å². The number of nitrogens with zero attached hydrogens (tertiary/aromatic N) is 2. The van der Waals surface area contributed by atoms with Crippen molar-refractivity contribution < 1.29 is 0 Å². The lowest BCUT2D eigenvalue weighted by Gasteiger charge is -2.07. The van der Waals surface area contributed by atoms with Crippen LogP contribution < -0.4 is 5.32 Å². The number of aromatic amines is 1. The summed E-state index contributed by atoms with van der Waals surface area (Å²) in [5, 5.41) is 4.40. The Morgan fingerprint density at radius 1 is 1.21 bits per heavy atom. The van der Waals surface area contributed by atoms with Crippen LogP contribution in [0.1, 0.15) is 11.3 Å². The second kappa shape index (κ2) is 3.95. The summed E-state index contributed by atoms with van der Waals surface area (Å²) in [5.41, 5.74) is 4.17. The first kappa shape index (κ1) is 10.3. The van der Waals surface area contributed by atoms with Gasteiger partial charge in [-0.3, -0.25) is 4.98 Å². The molecule has 92 valence electrons. The van der Waals surface area contributed by atoms with Gasteiger partial charge in [0.05, 0.1) is 17.6 Å². The normalized spacial score (nSPS) is 12.8. The van der Waals surface area contributed by atoms with Crippen LogP contribution in [0.15, 0.2) is 42.7 Å². The van der Waals surface area contributed by atoms with E-state index in [-0.39, 0.29) is 0 Å². The minimum absolute atomic E-state index is 0.818. The third-order valence-electron chi connectivity index (χ3n) is 3.29. The third-order valence-corrected chi connectivity index (χ3v) is 3.29. The zero-order valence-corrected chi connectivity index (χ0v) is 10.2. The molecule has 0 aromatic carbocycles. The fourth-order valence-corrected chi connectivity index (χ4v) is 2.34. The quantitative estimate of drug-likeness (QED) is 0.731. The van der Waals surface area contributed by atoms with Crippen LogP contribution in [0.3, 0.4) is 0 Å². The fraction of sp³-hybridized carbons (Fsp3) is 0.0667. The van der Waals surface area contributed by atoms with E-state index in [0.29, 0.717) is 0 Å². The maximum absolute atomic E-state index is 4.51. The molecule has 3 heterocycles. The number of H-pyrrole nitrogens is 1. The molecule has 4 heteroatoms. The van der Waals surface area contributed by atoms with Crippen LogP contribution in [0.2, 0.25) is 0 Å². The Labute approximate surface area is 110 Å². The van der Waals surface area contributed by atoms with E-state index >= 15 is 0 Å². The van der Waals surface area contributed by atoms with E-state index < -0.39 is 0 Å². The minimum Gasteiger partial charge on any atom is -0.346 e. The first-order chi connectivity index (χ1) is 9.38. The van der Waals surface area contributed by atoms with Crippen molar-refractivity contribution in [2.45, 2.75) is 6.42 Å². The molecule has 0 aliphatic heterocycles. The van der Waals surface area contributed by atoms with Crippen LogP contribution in [0.4, 0.5) is 11.5 Å². The first-order valence-electron chi connectivity index (χ1n) is 6.25. The summed E-state index contributed by atoms with van der Waals surface area (Å²) in [5.74, 6) is 0.818. The summed E-state index contributed by atoms with van der Waals surface area (Å²) in [6.45, 7) is 0. The molecule has 0 radical (unpaired) electrons. The lowest BCUT2D eigenvalue weighted by molar-refractivity contribution is 1.13. The Hall–Kier alpha value is -2.62. The Balaban J connectivity index is 1.68. The molecular weight excluding hydrogens is 236 g/mol.